The van der Waals surface area contributed by atoms with Crippen LogP contribution in [-0.4, -0.2) is 54.2 Å². The maximum atomic E-state index is 12.9. The average Bonchev–Trinajstić information content (AvgIpc) is 3.42. The van der Waals surface area contributed by atoms with E-state index in [4.69, 9.17) is 10.7 Å². The number of amides is 1. The van der Waals surface area contributed by atoms with Gasteiger partial charge in [0.25, 0.3) is 5.91 Å². The fraction of sp³-hybridized carbons (Fsp3) is 0.200. The molecule has 1 aromatic carbocycles. The van der Waals surface area contributed by atoms with Gasteiger partial charge >= 0.3 is 0 Å². The molecule has 0 saturated carbocycles. The highest BCUT2D eigenvalue weighted by molar-refractivity contribution is 6.00. The number of carbonyl (C=O) groups is 2. The third kappa shape index (κ3) is 4.43. The molecule has 10 nitrogen and oxygen atoms in total. The number of piperidine rings is 1. The van der Waals surface area contributed by atoms with Gasteiger partial charge in [0.2, 0.25) is 0 Å². The van der Waals surface area contributed by atoms with Gasteiger partial charge in [-0.1, -0.05) is 36.4 Å². The molecule has 10 heteroatoms. The van der Waals surface area contributed by atoms with Crippen molar-refractivity contribution in [3.8, 4) is 22.4 Å². The van der Waals surface area contributed by atoms with E-state index in [1.807, 2.05) is 42.5 Å². The summed E-state index contributed by atoms with van der Waals surface area (Å²) < 4.78 is 1.50. The van der Waals surface area contributed by atoms with Crippen molar-refractivity contribution in [2.24, 2.45) is 0 Å². The van der Waals surface area contributed by atoms with Crippen molar-refractivity contribution in [2.45, 2.75) is 25.7 Å². The van der Waals surface area contributed by atoms with Crippen molar-refractivity contribution in [1.29, 1.82) is 0 Å². The molecule has 0 aliphatic carbocycles. The van der Waals surface area contributed by atoms with Crippen LogP contribution in [0.25, 0.3) is 28.0 Å². The molecule has 0 unspecified atom stereocenters. The number of carbonyl (C=O) groups excluding carboxylic acids is 2. The van der Waals surface area contributed by atoms with Crippen LogP contribution in [0.4, 0.5) is 5.82 Å². The molecule has 1 saturated heterocycles. The Hall–Kier alpha value is -5.12. The lowest BCUT2D eigenvalue weighted by Gasteiger charge is -2.32. The molecule has 1 amide bonds. The fourth-order valence-electron chi connectivity index (χ4n) is 5.34. The number of ketones is 1. The number of nitrogen functional groups attached to an aromatic ring is 1. The van der Waals surface area contributed by atoms with Crippen LogP contribution in [0, 0.1) is 0 Å². The number of nitrogens with one attached hydrogen (secondary N) is 1. The van der Waals surface area contributed by atoms with Gasteiger partial charge in [0.15, 0.2) is 16.9 Å². The predicted octanol–water partition coefficient (Wildman–Crippen LogP) is 3.95. The van der Waals surface area contributed by atoms with Gasteiger partial charge in [-0.25, -0.2) is 4.98 Å². The van der Waals surface area contributed by atoms with Crippen LogP contribution in [0.3, 0.4) is 0 Å². The van der Waals surface area contributed by atoms with Crippen LogP contribution < -0.4 is 11.2 Å². The number of anilines is 1. The summed E-state index contributed by atoms with van der Waals surface area (Å²) in [4.78, 5) is 51.9. The van der Waals surface area contributed by atoms with Gasteiger partial charge in [0, 0.05) is 60.4 Å². The van der Waals surface area contributed by atoms with Gasteiger partial charge < -0.3 is 15.6 Å². The van der Waals surface area contributed by atoms with E-state index < -0.39 is 0 Å². The Morgan fingerprint density at radius 2 is 1.77 bits per heavy atom. The smallest absolute Gasteiger partial charge is 0.259 e. The van der Waals surface area contributed by atoms with Crippen LogP contribution in [0.2, 0.25) is 0 Å². The second-order valence-corrected chi connectivity index (χ2v) is 9.89. The number of Topliss-reactive ketones (excluding diaryl/α,β-unsaturated/α-hetero) is 1. The first-order valence-electron chi connectivity index (χ1n) is 13.1. The minimum atomic E-state index is -0.316. The summed E-state index contributed by atoms with van der Waals surface area (Å²) in [6.45, 7) is 2.33. The van der Waals surface area contributed by atoms with Crippen LogP contribution in [0.15, 0.2) is 78.1 Å². The number of benzene rings is 1. The maximum absolute atomic E-state index is 12.9. The number of hydrogen-bond acceptors (Lipinski definition) is 7. The van der Waals surface area contributed by atoms with Crippen LogP contribution in [-0.2, 0) is 0 Å². The van der Waals surface area contributed by atoms with Gasteiger partial charge in [-0.05, 0) is 25.8 Å². The molecule has 1 fully saturated rings. The van der Waals surface area contributed by atoms with Crippen molar-refractivity contribution in [3.63, 3.8) is 0 Å². The third-order valence-corrected chi connectivity index (χ3v) is 7.43. The van der Waals surface area contributed by atoms with E-state index in [-0.39, 0.29) is 34.4 Å². The second kappa shape index (κ2) is 10.2. The summed E-state index contributed by atoms with van der Waals surface area (Å²) in [5.41, 5.74) is 11.3. The van der Waals surface area contributed by atoms with E-state index in [2.05, 4.69) is 15.1 Å². The number of pyridine rings is 2. The SMILES string of the molecule is CC(=O)c1c(C2CCN(C(=O)c3c[nH]ccc3=O)CC2)nc2c(-c3ccc(-c4ccccc4)nc3)cnn2c1N. The van der Waals surface area contributed by atoms with E-state index >= 15 is 0 Å². The fourth-order valence-corrected chi connectivity index (χ4v) is 5.34. The molecule has 3 N–H and O–H groups in total. The van der Waals surface area contributed by atoms with Crippen molar-refractivity contribution < 1.29 is 9.59 Å². The molecule has 1 aliphatic heterocycles. The Labute approximate surface area is 229 Å². The zero-order valence-electron chi connectivity index (χ0n) is 21.9. The second-order valence-electron chi connectivity index (χ2n) is 9.89. The number of H-pyrrole nitrogens is 1. The number of hydrogen-bond donors (Lipinski definition) is 2. The third-order valence-electron chi connectivity index (χ3n) is 7.43. The molecule has 0 radical (unpaired) electrons. The molecular weight excluding hydrogens is 506 g/mol. The summed E-state index contributed by atoms with van der Waals surface area (Å²) >= 11 is 0. The van der Waals surface area contributed by atoms with Crippen molar-refractivity contribution in [2.75, 3.05) is 18.8 Å². The highest BCUT2D eigenvalue weighted by Gasteiger charge is 2.31. The Morgan fingerprint density at radius 3 is 2.45 bits per heavy atom. The molecule has 4 aromatic heterocycles. The van der Waals surface area contributed by atoms with Gasteiger partial charge in [-0.15, -0.1) is 0 Å². The van der Waals surface area contributed by atoms with Crippen LogP contribution in [0.1, 0.15) is 52.1 Å². The normalized spacial score (nSPS) is 14.0. The molecule has 200 valence electrons. The van der Waals surface area contributed by atoms with Gasteiger partial charge in [0.05, 0.1) is 23.1 Å². The van der Waals surface area contributed by atoms with Crippen LogP contribution >= 0.6 is 0 Å². The lowest BCUT2D eigenvalue weighted by Crippen LogP contribution is -2.40. The Morgan fingerprint density at radius 1 is 1.00 bits per heavy atom. The Kier molecular flexibility index (Phi) is 6.43. The van der Waals surface area contributed by atoms with E-state index in [1.165, 1.54) is 29.9 Å². The molecule has 6 rings (SSSR count). The summed E-state index contributed by atoms with van der Waals surface area (Å²) in [5, 5.41) is 4.45. The molecule has 0 atom stereocenters. The molecule has 5 aromatic rings. The summed E-state index contributed by atoms with van der Waals surface area (Å²) in [6.07, 6.45) is 7.56. The number of rotatable bonds is 5. The number of aromatic nitrogens is 5. The number of nitrogens with two attached hydrogens (primary N) is 1. The number of nitrogens with zero attached hydrogens (tertiary/aromatic N) is 5. The minimum absolute atomic E-state index is 0.0920. The number of likely N-dealkylation sites (tertiary alicyclic amines) is 1. The van der Waals surface area contributed by atoms with Crippen molar-refractivity contribution in [1.82, 2.24) is 29.5 Å². The summed E-state index contributed by atoms with van der Waals surface area (Å²) in [7, 11) is 0. The molecule has 0 bridgehead atoms. The quantitative estimate of drug-likeness (QED) is 0.326. The lowest BCUT2D eigenvalue weighted by molar-refractivity contribution is 0.0709. The Balaban J connectivity index is 1.32. The van der Waals surface area contributed by atoms with E-state index in [0.29, 0.717) is 42.8 Å². The van der Waals surface area contributed by atoms with Gasteiger partial charge in [-0.2, -0.15) is 9.61 Å². The monoisotopic (exact) mass is 533 g/mol. The highest BCUT2D eigenvalue weighted by atomic mass is 16.2. The summed E-state index contributed by atoms with van der Waals surface area (Å²) in [5.74, 6) is -0.353. The molecule has 5 heterocycles. The van der Waals surface area contributed by atoms with Crippen molar-refractivity contribution in [3.05, 3.63) is 100 Å². The lowest BCUT2D eigenvalue weighted by atomic mass is 9.89. The first kappa shape index (κ1) is 25.2. The largest absolute Gasteiger partial charge is 0.383 e. The predicted molar refractivity (Wildman–Crippen MR) is 151 cm³/mol. The zero-order chi connectivity index (χ0) is 27.8. The minimum Gasteiger partial charge on any atom is -0.383 e. The maximum Gasteiger partial charge on any atom is 0.259 e. The average molecular weight is 534 g/mol. The molecular formula is C30H27N7O3. The number of aromatic amines is 1. The van der Waals surface area contributed by atoms with E-state index in [0.717, 1.165) is 22.4 Å². The molecule has 1 aliphatic rings. The Bertz CT molecular complexity index is 1780. The van der Waals surface area contributed by atoms with Gasteiger partial charge in [0.1, 0.15) is 11.4 Å². The first-order chi connectivity index (χ1) is 19.4. The van der Waals surface area contributed by atoms with Crippen LogP contribution in [0.5, 0.6) is 0 Å². The standard InChI is InChI=1S/C30H27N7O3/c1-18(38)26-27(20-10-13-36(14-11-20)30(40)23-16-32-12-9-25(23)39)35-29-22(17-34-37(29)28(26)31)21-7-8-24(33-15-21)19-5-3-2-4-6-19/h2-9,12,15-17,20H,10-11,13-14,31H2,1H3,(H,32,39). The first-order valence-corrected chi connectivity index (χ1v) is 13.1. The molecule has 0 spiro atoms. The number of fused-ring (bicyclic) bond motifs is 1. The topological polar surface area (TPSA) is 139 Å². The van der Waals surface area contributed by atoms with Gasteiger partial charge in [-0.3, -0.25) is 19.4 Å². The van der Waals surface area contributed by atoms with Crippen molar-refractivity contribution >= 4 is 23.2 Å². The zero-order valence-corrected chi connectivity index (χ0v) is 21.9. The van der Waals surface area contributed by atoms with E-state index in [9.17, 15) is 14.4 Å². The summed E-state index contributed by atoms with van der Waals surface area (Å²) in [6, 6.07) is 15.2. The van der Waals surface area contributed by atoms with E-state index in [1.54, 1.807) is 17.3 Å². The molecule has 40 heavy (non-hydrogen) atoms. The highest BCUT2D eigenvalue weighted by Crippen LogP contribution is 2.35.